The van der Waals surface area contributed by atoms with Crippen LogP contribution in [0.15, 0.2) is 36.5 Å². The molecule has 1 saturated heterocycles. The van der Waals surface area contributed by atoms with Crippen molar-refractivity contribution in [3.63, 3.8) is 0 Å². The summed E-state index contributed by atoms with van der Waals surface area (Å²) in [4.78, 5) is 25.1. The Bertz CT molecular complexity index is 965. The average molecular weight is 753 g/mol. The predicted octanol–water partition coefficient (Wildman–Crippen LogP) is 8.33. The minimum atomic E-state index is -1.61. The molecule has 1 fully saturated rings. The fraction of sp³-hybridized carbons (Fsp3) is 0.814. The Hall–Kier alpha value is -2.08. The van der Waals surface area contributed by atoms with Gasteiger partial charge in [-0.3, -0.25) is 4.79 Å². The zero-order valence-electron chi connectivity index (χ0n) is 33.3. The third-order valence-corrected chi connectivity index (χ3v) is 9.60. The Morgan fingerprint density at radius 3 is 1.70 bits per heavy atom. The van der Waals surface area contributed by atoms with Crippen LogP contribution in [0.5, 0.6) is 0 Å². The Labute approximate surface area is 321 Å². The van der Waals surface area contributed by atoms with Gasteiger partial charge < -0.3 is 39.4 Å². The highest BCUT2D eigenvalue weighted by Crippen LogP contribution is 2.22. The van der Waals surface area contributed by atoms with Crippen molar-refractivity contribution in [2.24, 2.45) is 0 Å². The van der Waals surface area contributed by atoms with E-state index in [-0.39, 0.29) is 19.6 Å². The molecule has 0 aliphatic carbocycles. The zero-order chi connectivity index (χ0) is 38.8. The van der Waals surface area contributed by atoms with Gasteiger partial charge >= 0.3 is 11.9 Å². The van der Waals surface area contributed by atoms with E-state index in [4.69, 9.17) is 18.9 Å². The molecule has 53 heavy (non-hydrogen) atoms. The standard InChI is InChI=1S/C43H76O10/c1-3-5-7-9-11-13-15-17-18-20-22-24-26-28-30-32-39(46)52-36(35-51-43-42(49)41(48)40(47)37(33-44)53-43)34-50-38(45)31-29-27-25-23-21-19-16-14-12-10-8-6-4-2/h14,16,26,28,30,32,36-37,40-44,47-49H,3-13,15,17-25,27,29,31,33-35H2,1-2H3/b16-14+,28-26+,32-30+/t36-,37-,40+,41?,42?,43-/m1/s1. The molecule has 1 aliphatic rings. The van der Waals surface area contributed by atoms with Crippen LogP contribution >= 0.6 is 0 Å². The maximum absolute atomic E-state index is 12.6. The van der Waals surface area contributed by atoms with Crippen LogP contribution in [0.2, 0.25) is 0 Å². The molecule has 6 atom stereocenters. The monoisotopic (exact) mass is 753 g/mol. The second-order valence-electron chi connectivity index (χ2n) is 14.5. The van der Waals surface area contributed by atoms with Crippen molar-refractivity contribution >= 4 is 11.9 Å². The van der Waals surface area contributed by atoms with Gasteiger partial charge in [0.1, 0.15) is 31.0 Å². The first-order valence-electron chi connectivity index (χ1n) is 21.1. The van der Waals surface area contributed by atoms with E-state index in [0.717, 1.165) is 51.4 Å². The fourth-order valence-corrected chi connectivity index (χ4v) is 6.21. The van der Waals surface area contributed by atoms with Crippen LogP contribution in [0.4, 0.5) is 0 Å². The summed E-state index contributed by atoms with van der Waals surface area (Å²) in [6, 6.07) is 0. The first kappa shape index (κ1) is 48.9. The molecule has 0 saturated carbocycles. The summed E-state index contributed by atoms with van der Waals surface area (Å²) in [5.41, 5.74) is 0. The van der Waals surface area contributed by atoms with E-state index in [2.05, 4.69) is 26.0 Å². The summed E-state index contributed by atoms with van der Waals surface area (Å²) < 4.78 is 21.9. The largest absolute Gasteiger partial charge is 0.462 e. The summed E-state index contributed by atoms with van der Waals surface area (Å²) >= 11 is 0. The Balaban J connectivity index is 2.43. The van der Waals surface area contributed by atoms with Crippen molar-refractivity contribution in [2.75, 3.05) is 19.8 Å². The number of carbonyl (C=O) groups is 2. The average Bonchev–Trinajstić information content (AvgIpc) is 3.15. The van der Waals surface area contributed by atoms with E-state index in [1.54, 1.807) is 6.08 Å². The highest BCUT2D eigenvalue weighted by molar-refractivity contribution is 5.82. The highest BCUT2D eigenvalue weighted by atomic mass is 16.7. The van der Waals surface area contributed by atoms with E-state index < -0.39 is 55.4 Å². The highest BCUT2D eigenvalue weighted by Gasteiger charge is 2.44. The number of rotatable bonds is 34. The van der Waals surface area contributed by atoms with Gasteiger partial charge in [0.2, 0.25) is 0 Å². The quantitative estimate of drug-likeness (QED) is 0.0166. The van der Waals surface area contributed by atoms with Gasteiger partial charge in [-0.2, -0.15) is 0 Å². The van der Waals surface area contributed by atoms with E-state index in [0.29, 0.717) is 6.42 Å². The van der Waals surface area contributed by atoms with Crippen molar-refractivity contribution in [1.29, 1.82) is 0 Å². The van der Waals surface area contributed by atoms with Crippen LogP contribution in [0, 0.1) is 0 Å². The van der Waals surface area contributed by atoms with Crippen LogP contribution in [-0.2, 0) is 28.5 Å². The number of ether oxygens (including phenoxy) is 4. The number of allylic oxidation sites excluding steroid dienone is 5. The number of carbonyl (C=O) groups excluding carboxylic acids is 2. The fourth-order valence-electron chi connectivity index (χ4n) is 6.21. The molecule has 1 aliphatic heterocycles. The van der Waals surface area contributed by atoms with E-state index in [9.17, 15) is 30.0 Å². The summed E-state index contributed by atoms with van der Waals surface area (Å²) in [6.45, 7) is 3.28. The van der Waals surface area contributed by atoms with E-state index in [1.807, 2.05) is 12.2 Å². The second-order valence-corrected chi connectivity index (χ2v) is 14.5. The van der Waals surface area contributed by atoms with Crippen LogP contribution < -0.4 is 0 Å². The van der Waals surface area contributed by atoms with Crippen LogP contribution in [0.25, 0.3) is 0 Å². The topological polar surface area (TPSA) is 152 Å². The minimum Gasteiger partial charge on any atom is -0.462 e. The lowest BCUT2D eigenvalue weighted by molar-refractivity contribution is -0.305. The molecule has 1 heterocycles. The first-order valence-corrected chi connectivity index (χ1v) is 21.1. The molecule has 10 nitrogen and oxygen atoms in total. The Morgan fingerprint density at radius 1 is 0.623 bits per heavy atom. The molecule has 0 bridgehead atoms. The van der Waals surface area contributed by atoms with Crippen molar-refractivity contribution in [2.45, 2.75) is 205 Å². The van der Waals surface area contributed by atoms with Gasteiger partial charge in [-0.25, -0.2) is 4.79 Å². The molecule has 0 aromatic rings. The molecule has 0 radical (unpaired) electrons. The van der Waals surface area contributed by atoms with Gasteiger partial charge in [-0.15, -0.1) is 0 Å². The molecular formula is C43H76O10. The molecule has 1 rings (SSSR count). The lowest BCUT2D eigenvalue weighted by Gasteiger charge is -2.39. The van der Waals surface area contributed by atoms with Crippen molar-refractivity contribution in [3.8, 4) is 0 Å². The van der Waals surface area contributed by atoms with Gasteiger partial charge in [-0.1, -0.05) is 147 Å². The molecule has 10 heteroatoms. The lowest BCUT2D eigenvalue weighted by Crippen LogP contribution is -2.59. The van der Waals surface area contributed by atoms with E-state index >= 15 is 0 Å². The maximum atomic E-state index is 12.6. The molecule has 4 N–H and O–H groups in total. The van der Waals surface area contributed by atoms with Gasteiger partial charge in [0.15, 0.2) is 12.4 Å². The van der Waals surface area contributed by atoms with Crippen molar-refractivity contribution < 1.29 is 49.0 Å². The molecule has 308 valence electrons. The molecular weight excluding hydrogens is 676 g/mol. The van der Waals surface area contributed by atoms with Gasteiger partial charge in [-0.05, 0) is 44.9 Å². The zero-order valence-corrected chi connectivity index (χ0v) is 33.3. The summed E-state index contributed by atoms with van der Waals surface area (Å²) in [5.74, 6) is -1.07. The normalized spacial score (nSPS) is 21.2. The van der Waals surface area contributed by atoms with Crippen LogP contribution in [0.1, 0.15) is 168 Å². The van der Waals surface area contributed by atoms with Gasteiger partial charge in [0.25, 0.3) is 0 Å². The van der Waals surface area contributed by atoms with Gasteiger partial charge in [0, 0.05) is 12.5 Å². The molecule has 0 aromatic carbocycles. The Morgan fingerprint density at radius 2 is 1.13 bits per heavy atom. The first-order chi connectivity index (χ1) is 25.8. The van der Waals surface area contributed by atoms with Crippen molar-refractivity contribution in [1.82, 2.24) is 0 Å². The SMILES string of the molecule is CCCCCC/C=C/CCCCCCCC(=O)OC[C@H](CO[C@@H]1O[C@H](CO)[C@H](O)C(O)C1O)OC(=O)/C=C/C=C/CCCCCCCCCCCCC. The smallest absolute Gasteiger partial charge is 0.331 e. The van der Waals surface area contributed by atoms with E-state index in [1.165, 1.54) is 96.0 Å². The Kier molecular flexibility index (Phi) is 31.8. The molecule has 0 amide bonds. The second kappa shape index (κ2) is 34.4. The van der Waals surface area contributed by atoms with Gasteiger partial charge in [0.05, 0.1) is 13.2 Å². The summed E-state index contributed by atoms with van der Waals surface area (Å²) in [5, 5.41) is 39.9. The molecule has 0 spiro atoms. The summed E-state index contributed by atoms with van der Waals surface area (Å²) in [6.07, 6.45) is 30.7. The number of hydrogen-bond acceptors (Lipinski definition) is 10. The van der Waals surface area contributed by atoms with Crippen molar-refractivity contribution in [3.05, 3.63) is 36.5 Å². The number of aliphatic hydroxyl groups excluding tert-OH is 4. The maximum Gasteiger partial charge on any atom is 0.331 e. The number of unbranched alkanes of at least 4 members (excludes halogenated alkanes) is 20. The number of esters is 2. The lowest BCUT2D eigenvalue weighted by atomic mass is 9.99. The third kappa shape index (κ3) is 26.4. The number of aliphatic hydroxyl groups is 4. The molecule has 2 unspecified atom stereocenters. The third-order valence-electron chi connectivity index (χ3n) is 9.60. The molecule has 0 aromatic heterocycles. The predicted molar refractivity (Wildman–Crippen MR) is 210 cm³/mol. The van der Waals surface area contributed by atoms with Crippen LogP contribution in [0.3, 0.4) is 0 Å². The minimum absolute atomic E-state index is 0.246. The summed E-state index contributed by atoms with van der Waals surface area (Å²) in [7, 11) is 0. The number of hydrogen-bond donors (Lipinski definition) is 4. The van der Waals surface area contributed by atoms with Crippen LogP contribution in [-0.4, -0.2) is 89.0 Å².